The summed E-state index contributed by atoms with van der Waals surface area (Å²) >= 11 is 0. The Balaban J connectivity index is 2.87. The Morgan fingerprint density at radius 3 is 2.65 bits per heavy atom. The maximum Gasteiger partial charge on any atom is 0.246 e. The second-order valence-electron chi connectivity index (χ2n) is 4.73. The summed E-state index contributed by atoms with van der Waals surface area (Å²) in [5.41, 5.74) is 0. The van der Waals surface area contributed by atoms with Crippen molar-refractivity contribution in [1.29, 1.82) is 0 Å². The van der Waals surface area contributed by atoms with Crippen LogP contribution >= 0.6 is 0 Å². The molecule has 1 N–H and O–H groups in total. The van der Waals surface area contributed by atoms with Gasteiger partial charge in [-0.05, 0) is 12.3 Å². The van der Waals surface area contributed by atoms with E-state index in [9.17, 15) is 9.59 Å². The van der Waals surface area contributed by atoms with E-state index in [1.54, 1.807) is 0 Å². The first-order chi connectivity index (χ1) is 8.01. The molecule has 1 heterocycles. The minimum absolute atomic E-state index is 0.0593. The average Bonchev–Trinajstić information content (AvgIpc) is 2.28. The molecule has 94 valence electrons. The van der Waals surface area contributed by atoms with Crippen LogP contribution in [0.4, 0.5) is 0 Å². The third-order valence-corrected chi connectivity index (χ3v) is 2.98. The molecule has 0 aliphatic carbocycles. The Morgan fingerprint density at radius 1 is 1.53 bits per heavy atom. The summed E-state index contributed by atoms with van der Waals surface area (Å²) in [6.45, 7) is 5.92. The summed E-state index contributed by atoms with van der Waals surface area (Å²) in [4.78, 5) is 25.3. The second kappa shape index (κ2) is 5.72. The van der Waals surface area contributed by atoms with Crippen LogP contribution in [0.2, 0.25) is 0 Å². The van der Waals surface area contributed by atoms with Gasteiger partial charge < -0.3 is 10.2 Å². The number of amides is 2. The van der Waals surface area contributed by atoms with Crippen molar-refractivity contribution < 1.29 is 9.59 Å². The van der Waals surface area contributed by atoms with Crippen LogP contribution in [-0.2, 0) is 9.59 Å². The third kappa shape index (κ3) is 3.00. The number of piperazine rings is 1. The average molecular weight is 236 g/mol. The van der Waals surface area contributed by atoms with Gasteiger partial charge in [0.1, 0.15) is 12.6 Å². The molecule has 0 saturated carbocycles. The molecule has 0 aromatic heterocycles. The number of nitrogens with one attached hydrogen (secondary N) is 1. The van der Waals surface area contributed by atoms with E-state index in [2.05, 4.69) is 11.2 Å². The van der Waals surface area contributed by atoms with Gasteiger partial charge >= 0.3 is 0 Å². The normalized spacial score (nSPS) is 22.3. The summed E-state index contributed by atoms with van der Waals surface area (Å²) in [5, 5.41) is 2.72. The lowest BCUT2D eigenvalue weighted by Gasteiger charge is -2.37. The highest BCUT2D eigenvalue weighted by Gasteiger charge is 2.37. The van der Waals surface area contributed by atoms with E-state index in [1.807, 2.05) is 20.8 Å². The van der Waals surface area contributed by atoms with Crippen molar-refractivity contribution in [3.63, 3.8) is 0 Å². The fraction of sp³-hybridized carbons (Fsp3) is 0.692. The number of terminal acetylenes is 1. The lowest BCUT2D eigenvalue weighted by molar-refractivity contribution is -0.146. The van der Waals surface area contributed by atoms with Crippen LogP contribution in [0.25, 0.3) is 0 Å². The summed E-state index contributed by atoms with van der Waals surface area (Å²) in [7, 11) is 0. The summed E-state index contributed by atoms with van der Waals surface area (Å²) < 4.78 is 0. The van der Waals surface area contributed by atoms with Crippen LogP contribution in [0.5, 0.6) is 0 Å². The summed E-state index contributed by atoms with van der Waals surface area (Å²) in [6, 6.07) is -0.705. The molecule has 1 aliphatic rings. The Kier molecular flexibility index (Phi) is 4.56. The predicted octanol–water partition coefficient (Wildman–Crippen LogP) is 0.771. The minimum Gasteiger partial charge on any atom is -0.343 e. The van der Waals surface area contributed by atoms with Crippen LogP contribution in [0, 0.1) is 18.3 Å². The topological polar surface area (TPSA) is 49.4 Å². The van der Waals surface area contributed by atoms with Gasteiger partial charge in [-0.2, -0.15) is 0 Å². The van der Waals surface area contributed by atoms with Crippen LogP contribution in [0.1, 0.15) is 33.6 Å². The number of carbonyl (C=O) groups excluding carboxylic acids is 2. The van der Waals surface area contributed by atoms with Crippen molar-refractivity contribution in [2.45, 2.75) is 45.7 Å². The zero-order valence-corrected chi connectivity index (χ0v) is 10.7. The maximum absolute atomic E-state index is 12.2. The zero-order valence-electron chi connectivity index (χ0n) is 10.7. The zero-order chi connectivity index (χ0) is 13.0. The molecule has 17 heavy (non-hydrogen) atoms. The molecule has 0 radical (unpaired) electrons. The molecule has 0 spiro atoms. The van der Waals surface area contributed by atoms with E-state index in [-0.39, 0.29) is 30.3 Å². The Bertz CT molecular complexity index is 344. The largest absolute Gasteiger partial charge is 0.343 e. The first kappa shape index (κ1) is 13.6. The van der Waals surface area contributed by atoms with Gasteiger partial charge in [-0.25, -0.2) is 0 Å². The maximum atomic E-state index is 12.2. The summed E-state index contributed by atoms with van der Waals surface area (Å²) in [6.07, 6.45) is 7.08. The number of carbonyl (C=O) groups is 2. The molecule has 0 aromatic carbocycles. The van der Waals surface area contributed by atoms with Crippen molar-refractivity contribution in [3.8, 4) is 12.3 Å². The monoisotopic (exact) mass is 236 g/mol. The molecule has 1 aliphatic heterocycles. The van der Waals surface area contributed by atoms with E-state index >= 15 is 0 Å². The first-order valence-corrected chi connectivity index (χ1v) is 6.07. The van der Waals surface area contributed by atoms with Crippen LogP contribution in [0.15, 0.2) is 0 Å². The lowest BCUT2D eigenvalue weighted by Crippen LogP contribution is -2.62. The molecular formula is C13H20N2O2. The molecule has 0 aromatic rings. The highest BCUT2D eigenvalue weighted by molar-refractivity contribution is 5.95. The quantitative estimate of drug-likeness (QED) is 0.733. The molecular weight excluding hydrogens is 216 g/mol. The van der Waals surface area contributed by atoms with E-state index < -0.39 is 6.04 Å². The highest BCUT2D eigenvalue weighted by atomic mass is 16.2. The molecule has 4 nitrogen and oxygen atoms in total. The Hall–Kier alpha value is -1.50. The molecule has 0 bridgehead atoms. The number of hydrogen-bond acceptors (Lipinski definition) is 2. The molecule has 2 amide bonds. The molecule has 4 heteroatoms. The van der Waals surface area contributed by atoms with Crippen molar-refractivity contribution in [1.82, 2.24) is 10.2 Å². The van der Waals surface area contributed by atoms with E-state index in [0.717, 1.165) is 12.8 Å². The second-order valence-corrected chi connectivity index (χ2v) is 4.73. The van der Waals surface area contributed by atoms with E-state index in [4.69, 9.17) is 6.42 Å². The van der Waals surface area contributed by atoms with Gasteiger partial charge in [0.15, 0.2) is 0 Å². The van der Waals surface area contributed by atoms with Gasteiger partial charge in [0.05, 0.1) is 6.04 Å². The van der Waals surface area contributed by atoms with Crippen molar-refractivity contribution in [2.24, 2.45) is 5.92 Å². The van der Waals surface area contributed by atoms with Crippen LogP contribution in [0.3, 0.4) is 0 Å². The molecule has 1 saturated heterocycles. The number of hydrogen-bond donors (Lipinski definition) is 1. The fourth-order valence-corrected chi connectivity index (χ4v) is 2.01. The predicted molar refractivity (Wildman–Crippen MR) is 66.0 cm³/mol. The van der Waals surface area contributed by atoms with Crippen molar-refractivity contribution >= 4 is 11.8 Å². The van der Waals surface area contributed by atoms with E-state index in [1.165, 1.54) is 4.90 Å². The number of nitrogens with zero attached hydrogens (tertiary/aromatic N) is 1. The van der Waals surface area contributed by atoms with Gasteiger partial charge in [-0.15, -0.1) is 6.42 Å². The van der Waals surface area contributed by atoms with Crippen molar-refractivity contribution in [3.05, 3.63) is 0 Å². The molecule has 1 fully saturated rings. The van der Waals surface area contributed by atoms with Crippen LogP contribution in [-0.4, -0.2) is 35.3 Å². The summed E-state index contributed by atoms with van der Waals surface area (Å²) in [5.74, 6) is 2.50. The van der Waals surface area contributed by atoms with Gasteiger partial charge in [-0.3, -0.25) is 9.59 Å². The van der Waals surface area contributed by atoms with Gasteiger partial charge in [0.2, 0.25) is 11.8 Å². The van der Waals surface area contributed by atoms with E-state index in [0.29, 0.717) is 0 Å². The smallest absolute Gasteiger partial charge is 0.246 e. The molecule has 1 rings (SSSR count). The van der Waals surface area contributed by atoms with Gasteiger partial charge in [-0.1, -0.05) is 33.1 Å². The highest BCUT2D eigenvalue weighted by Crippen LogP contribution is 2.15. The lowest BCUT2D eigenvalue weighted by atomic mass is 9.98. The van der Waals surface area contributed by atoms with Gasteiger partial charge in [0.25, 0.3) is 0 Å². The standard InChI is InChI=1S/C13H20N2O2/c1-5-7-10(6-2)15-8-11(16)14-12(9(3)4)13(15)17/h2,9-10,12H,5,7-8H2,1,3-4H3,(H,14,16). The third-order valence-electron chi connectivity index (χ3n) is 2.98. The molecule has 2 unspecified atom stereocenters. The molecule has 2 atom stereocenters. The van der Waals surface area contributed by atoms with Crippen molar-refractivity contribution in [2.75, 3.05) is 6.54 Å². The Labute approximate surface area is 103 Å². The van der Waals surface area contributed by atoms with Gasteiger partial charge in [0, 0.05) is 0 Å². The SMILES string of the molecule is C#CC(CCC)N1CC(=O)NC(C(C)C)C1=O. The minimum atomic E-state index is -0.441. The Morgan fingerprint density at radius 2 is 2.18 bits per heavy atom. The fourth-order valence-electron chi connectivity index (χ4n) is 2.01. The number of rotatable bonds is 4. The van der Waals surface area contributed by atoms with Crippen LogP contribution < -0.4 is 5.32 Å². The first-order valence-electron chi connectivity index (χ1n) is 6.07.